The van der Waals surface area contributed by atoms with Gasteiger partial charge in [-0.1, -0.05) is 12.1 Å². The summed E-state index contributed by atoms with van der Waals surface area (Å²) in [6.07, 6.45) is 4.46. The van der Waals surface area contributed by atoms with E-state index in [4.69, 9.17) is 9.97 Å². The first-order chi connectivity index (χ1) is 13.3. The molecule has 7 heteroatoms. The number of benzene rings is 1. The number of hydrogen-bond donors (Lipinski definition) is 2. The molecule has 1 atom stereocenters. The molecule has 2 saturated heterocycles. The van der Waals surface area contributed by atoms with Gasteiger partial charge < -0.3 is 19.9 Å². The number of imidazole rings is 1. The van der Waals surface area contributed by atoms with E-state index < -0.39 is 0 Å². The van der Waals surface area contributed by atoms with Crippen molar-refractivity contribution in [1.82, 2.24) is 19.9 Å². The number of H-pyrrole nitrogens is 1. The molecule has 1 unspecified atom stereocenters. The number of aliphatic hydroxyl groups excluding tert-OH is 1. The molecule has 140 valence electrons. The summed E-state index contributed by atoms with van der Waals surface area (Å²) in [6.45, 7) is 3.36. The molecule has 2 aliphatic heterocycles. The van der Waals surface area contributed by atoms with Crippen molar-refractivity contribution >= 4 is 22.8 Å². The van der Waals surface area contributed by atoms with Crippen molar-refractivity contribution in [3.63, 3.8) is 0 Å². The number of hydrogen-bond acceptors (Lipinski definition) is 6. The van der Waals surface area contributed by atoms with Gasteiger partial charge in [-0.2, -0.15) is 4.98 Å². The van der Waals surface area contributed by atoms with Crippen molar-refractivity contribution in [3.8, 4) is 0 Å². The number of aromatic nitrogens is 4. The first-order valence-electron chi connectivity index (χ1n) is 9.72. The van der Waals surface area contributed by atoms with Crippen LogP contribution in [0, 0.1) is 0 Å². The fourth-order valence-electron chi connectivity index (χ4n) is 4.14. The zero-order chi connectivity index (χ0) is 18.2. The predicted molar refractivity (Wildman–Crippen MR) is 105 cm³/mol. The Labute approximate surface area is 158 Å². The number of para-hydroxylation sites is 2. The molecule has 2 aliphatic rings. The van der Waals surface area contributed by atoms with E-state index in [1.54, 1.807) is 0 Å². The molecule has 7 nitrogen and oxygen atoms in total. The van der Waals surface area contributed by atoms with Crippen LogP contribution in [0.3, 0.4) is 0 Å². The molecule has 2 fully saturated rings. The van der Waals surface area contributed by atoms with Gasteiger partial charge in [0.05, 0.1) is 17.1 Å². The van der Waals surface area contributed by atoms with Crippen LogP contribution in [-0.4, -0.2) is 57.3 Å². The highest BCUT2D eigenvalue weighted by Gasteiger charge is 2.26. The van der Waals surface area contributed by atoms with Crippen LogP contribution >= 0.6 is 0 Å². The van der Waals surface area contributed by atoms with Crippen molar-refractivity contribution in [3.05, 3.63) is 42.4 Å². The lowest BCUT2D eigenvalue weighted by atomic mass is 9.96. The third kappa shape index (κ3) is 3.23. The highest BCUT2D eigenvalue weighted by atomic mass is 16.3. The van der Waals surface area contributed by atoms with Crippen LogP contribution < -0.4 is 9.80 Å². The topological polar surface area (TPSA) is 81.2 Å². The van der Waals surface area contributed by atoms with Gasteiger partial charge in [0.2, 0.25) is 5.95 Å². The summed E-state index contributed by atoms with van der Waals surface area (Å²) in [7, 11) is 0. The highest BCUT2D eigenvalue weighted by Crippen LogP contribution is 2.29. The smallest absolute Gasteiger partial charge is 0.227 e. The molecule has 0 saturated carbocycles. The van der Waals surface area contributed by atoms with Crippen molar-refractivity contribution in [2.75, 3.05) is 36.0 Å². The zero-order valence-corrected chi connectivity index (χ0v) is 15.3. The fraction of sp³-hybridized carbons (Fsp3) is 0.450. The van der Waals surface area contributed by atoms with Gasteiger partial charge in [-0.3, -0.25) is 0 Å². The molecule has 0 bridgehead atoms. The average Bonchev–Trinajstić information content (AvgIpc) is 3.34. The molecular weight excluding hydrogens is 340 g/mol. The first kappa shape index (κ1) is 16.5. The van der Waals surface area contributed by atoms with Crippen LogP contribution in [0.5, 0.6) is 0 Å². The average molecular weight is 364 g/mol. The highest BCUT2D eigenvalue weighted by molar-refractivity contribution is 5.74. The summed E-state index contributed by atoms with van der Waals surface area (Å²) in [4.78, 5) is 21.9. The van der Waals surface area contributed by atoms with E-state index in [9.17, 15) is 5.11 Å². The molecule has 5 rings (SSSR count). The van der Waals surface area contributed by atoms with E-state index in [0.717, 1.165) is 67.5 Å². The van der Waals surface area contributed by atoms with Gasteiger partial charge in [0, 0.05) is 38.3 Å². The van der Waals surface area contributed by atoms with Crippen molar-refractivity contribution in [2.24, 2.45) is 0 Å². The van der Waals surface area contributed by atoms with Gasteiger partial charge in [-0.25, -0.2) is 9.97 Å². The second-order valence-corrected chi connectivity index (χ2v) is 7.50. The number of rotatable bonds is 3. The number of aliphatic hydroxyl groups is 1. The van der Waals surface area contributed by atoms with Gasteiger partial charge in [0.1, 0.15) is 11.6 Å². The number of anilines is 2. The molecule has 3 aromatic rings. The maximum Gasteiger partial charge on any atom is 0.227 e. The minimum Gasteiger partial charge on any atom is -0.391 e. The molecule has 27 heavy (non-hydrogen) atoms. The van der Waals surface area contributed by atoms with E-state index in [-0.39, 0.29) is 6.10 Å². The number of β-amino-alcohol motifs (C(OH)–C–C–N with tert-alkyl or cyclic N) is 1. The molecular formula is C20H24N6O. The number of nitrogens with zero attached hydrogens (tertiary/aromatic N) is 5. The third-order valence-corrected chi connectivity index (χ3v) is 5.69. The van der Waals surface area contributed by atoms with Gasteiger partial charge in [-0.15, -0.1) is 0 Å². The number of aromatic amines is 1. The molecule has 4 heterocycles. The standard InChI is InChI=1S/C20H24N6O/c27-15-8-12-26(13-15)18-5-9-21-20(24-18)25-10-6-14(7-11-25)19-22-16-3-1-2-4-17(16)23-19/h1-5,9,14-15,27H,6-8,10-13H2,(H,22,23). The Morgan fingerprint density at radius 3 is 2.56 bits per heavy atom. The van der Waals surface area contributed by atoms with Crippen molar-refractivity contribution in [2.45, 2.75) is 31.3 Å². The van der Waals surface area contributed by atoms with Crippen molar-refractivity contribution in [1.29, 1.82) is 0 Å². The minimum atomic E-state index is -0.247. The van der Waals surface area contributed by atoms with Gasteiger partial charge in [0.15, 0.2) is 0 Å². The van der Waals surface area contributed by atoms with Crippen LogP contribution in [0.1, 0.15) is 31.0 Å². The van der Waals surface area contributed by atoms with E-state index in [0.29, 0.717) is 12.5 Å². The Hall–Kier alpha value is -2.67. The number of piperidine rings is 1. The Bertz CT molecular complexity index is 900. The third-order valence-electron chi connectivity index (χ3n) is 5.69. The summed E-state index contributed by atoms with van der Waals surface area (Å²) in [5.74, 6) is 3.25. The van der Waals surface area contributed by atoms with E-state index >= 15 is 0 Å². The molecule has 0 amide bonds. The molecule has 1 aromatic carbocycles. The van der Waals surface area contributed by atoms with Gasteiger partial charge >= 0.3 is 0 Å². The second kappa shape index (κ2) is 6.81. The van der Waals surface area contributed by atoms with Gasteiger partial charge in [0.25, 0.3) is 0 Å². The Balaban J connectivity index is 1.27. The number of fused-ring (bicyclic) bond motifs is 1. The molecule has 0 spiro atoms. The molecule has 0 radical (unpaired) electrons. The van der Waals surface area contributed by atoms with E-state index in [1.807, 2.05) is 24.4 Å². The van der Waals surface area contributed by atoms with Gasteiger partial charge in [-0.05, 0) is 37.5 Å². The lowest BCUT2D eigenvalue weighted by Gasteiger charge is -2.31. The summed E-state index contributed by atoms with van der Waals surface area (Å²) in [6, 6.07) is 10.1. The van der Waals surface area contributed by atoms with Crippen LogP contribution in [0.25, 0.3) is 11.0 Å². The molecule has 0 aliphatic carbocycles. The summed E-state index contributed by atoms with van der Waals surface area (Å²) >= 11 is 0. The zero-order valence-electron chi connectivity index (χ0n) is 15.3. The lowest BCUT2D eigenvalue weighted by molar-refractivity contribution is 0.198. The summed E-state index contributed by atoms with van der Waals surface area (Å²) < 4.78 is 0. The molecule has 2 N–H and O–H groups in total. The lowest BCUT2D eigenvalue weighted by Crippen LogP contribution is -2.35. The maximum atomic E-state index is 9.76. The minimum absolute atomic E-state index is 0.247. The second-order valence-electron chi connectivity index (χ2n) is 7.50. The predicted octanol–water partition coefficient (Wildman–Crippen LogP) is 2.31. The van der Waals surface area contributed by atoms with Crippen LogP contribution in [0.15, 0.2) is 36.5 Å². The van der Waals surface area contributed by atoms with Crippen molar-refractivity contribution < 1.29 is 5.11 Å². The largest absolute Gasteiger partial charge is 0.391 e. The first-order valence-corrected chi connectivity index (χ1v) is 9.72. The van der Waals surface area contributed by atoms with Crippen LogP contribution in [-0.2, 0) is 0 Å². The Kier molecular flexibility index (Phi) is 4.16. The maximum absolute atomic E-state index is 9.76. The SMILES string of the molecule is OC1CCN(c2ccnc(N3CCC(c4nc5ccccc5[nH]4)CC3)n2)C1. The number of nitrogens with one attached hydrogen (secondary N) is 1. The normalized spacial score (nSPS) is 21.3. The van der Waals surface area contributed by atoms with E-state index in [2.05, 4.69) is 31.9 Å². The molecule has 2 aromatic heterocycles. The fourth-order valence-corrected chi connectivity index (χ4v) is 4.14. The van der Waals surface area contributed by atoms with Crippen LogP contribution in [0.4, 0.5) is 11.8 Å². The van der Waals surface area contributed by atoms with E-state index in [1.165, 1.54) is 0 Å². The Morgan fingerprint density at radius 2 is 1.78 bits per heavy atom. The monoisotopic (exact) mass is 364 g/mol. The summed E-state index contributed by atoms with van der Waals surface area (Å²) in [5, 5.41) is 9.76. The Morgan fingerprint density at radius 1 is 0.963 bits per heavy atom. The van der Waals surface area contributed by atoms with Crippen LogP contribution in [0.2, 0.25) is 0 Å². The summed E-state index contributed by atoms with van der Waals surface area (Å²) in [5.41, 5.74) is 2.15. The quantitative estimate of drug-likeness (QED) is 0.742.